The van der Waals surface area contributed by atoms with Gasteiger partial charge in [0.25, 0.3) is 0 Å². The summed E-state index contributed by atoms with van der Waals surface area (Å²) in [5, 5.41) is 13.6. The first-order valence-corrected chi connectivity index (χ1v) is 3.89. The quantitative estimate of drug-likeness (QED) is 0.547. The Morgan fingerprint density at radius 3 is 3.00 bits per heavy atom. The Balaban J connectivity index is 2.57. The Kier molecular flexibility index (Phi) is 2.39. The Labute approximate surface area is 63.8 Å². The van der Waals surface area contributed by atoms with Gasteiger partial charge in [0.05, 0.1) is 0 Å². The number of oxime groups is 1. The molecule has 1 aliphatic heterocycles. The average molecular weight is 162 g/mol. The monoisotopic (exact) mass is 162 g/mol. The lowest BCUT2D eigenvalue weighted by Crippen LogP contribution is -2.29. The maximum absolute atomic E-state index is 9.16. The molecule has 1 N–H and O–H groups in total. The number of hydrogen-bond donors (Lipinski definition) is 1. The Bertz CT molecular complexity index is 151. The summed E-state index contributed by atoms with van der Waals surface area (Å²) in [4.78, 5) is 6.23. The van der Waals surface area contributed by atoms with Crippen molar-refractivity contribution >= 4 is 16.9 Å². The Hall–Kier alpha value is -0.420. The van der Waals surface area contributed by atoms with Crippen molar-refractivity contribution in [2.75, 3.05) is 19.9 Å². The van der Waals surface area contributed by atoms with Crippen LogP contribution in [-0.4, -0.2) is 41.3 Å². The molecule has 0 bridgehead atoms. The van der Waals surface area contributed by atoms with E-state index >= 15 is 0 Å². The van der Waals surface area contributed by atoms with Crippen LogP contribution < -0.4 is 0 Å². The van der Waals surface area contributed by atoms with Crippen LogP contribution in [0, 0.1) is 0 Å². The smallest absolute Gasteiger partial charge is 0.204 e. The summed E-state index contributed by atoms with van der Waals surface area (Å²) in [6, 6.07) is 0. The molecule has 0 amide bonds. The molecule has 0 aromatic rings. The Morgan fingerprint density at radius 2 is 2.60 bits per heavy atom. The number of aliphatic hydroxyl groups excluding tert-OH is 1. The molecule has 0 saturated carbocycles. The van der Waals surface area contributed by atoms with Gasteiger partial charge in [-0.05, 0) is 0 Å². The first kappa shape index (κ1) is 7.68. The van der Waals surface area contributed by atoms with Gasteiger partial charge in [0.15, 0.2) is 0 Å². The second-order valence-electron chi connectivity index (χ2n) is 1.96. The van der Waals surface area contributed by atoms with Crippen LogP contribution in [0.2, 0.25) is 0 Å². The second kappa shape index (κ2) is 3.12. The van der Waals surface area contributed by atoms with Crippen LogP contribution in [0.25, 0.3) is 0 Å². The number of nitrogens with zero attached hydrogens (tertiary/aromatic N) is 2. The first-order valence-electron chi connectivity index (χ1n) is 2.90. The van der Waals surface area contributed by atoms with Gasteiger partial charge in [-0.15, -0.1) is 0 Å². The van der Waals surface area contributed by atoms with Gasteiger partial charge in [-0.2, -0.15) is 0 Å². The topological polar surface area (TPSA) is 45.1 Å². The lowest BCUT2D eigenvalue weighted by Gasteiger charge is -2.13. The van der Waals surface area contributed by atoms with Gasteiger partial charge < -0.3 is 14.8 Å². The third kappa shape index (κ3) is 1.35. The predicted octanol–water partition coefficient (Wildman–Crippen LogP) is -0.0992. The molecule has 1 atom stereocenters. The highest BCUT2D eigenvalue weighted by Gasteiger charge is 2.24. The van der Waals surface area contributed by atoms with Gasteiger partial charge in [-0.25, -0.2) is 0 Å². The highest BCUT2D eigenvalue weighted by Crippen LogP contribution is 2.20. The first-order chi connectivity index (χ1) is 4.75. The van der Waals surface area contributed by atoms with Crippen molar-refractivity contribution in [1.29, 1.82) is 0 Å². The normalized spacial score (nSPS) is 29.7. The van der Waals surface area contributed by atoms with Gasteiger partial charge >= 0.3 is 0 Å². The minimum absolute atomic E-state index is 0.418. The van der Waals surface area contributed by atoms with Crippen molar-refractivity contribution in [3.8, 4) is 0 Å². The van der Waals surface area contributed by atoms with Crippen LogP contribution in [0.15, 0.2) is 5.16 Å². The van der Waals surface area contributed by atoms with E-state index in [1.54, 1.807) is 11.9 Å². The fraction of sp³-hybridized carbons (Fsp3) is 0.800. The van der Waals surface area contributed by atoms with Crippen LogP contribution in [-0.2, 0) is 4.84 Å². The number of hydrogen-bond acceptors (Lipinski definition) is 4. The van der Waals surface area contributed by atoms with E-state index in [9.17, 15) is 0 Å². The lowest BCUT2D eigenvalue weighted by molar-refractivity contribution is 0.0955. The van der Waals surface area contributed by atoms with Crippen molar-refractivity contribution < 1.29 is 9.94 Å². The fourth-order valence-electron chi connectivity index (χ4n) is 0.659. The SMILES string of the molecule is CON=C1SCC(O)N1C. The Morgan fingerprint density at radius 1 is 1.90 bits per heavy atom. The fourth-order valence-corrected chi connectivity index (χ4v) is 1.63. The standard InChI is InChI=1S/C5H10N2O2S/c1-7-4(8)3-10-5(7)6-9-2/h4,8H,3H2,1-2H3. The van der Waals surface area contributed by atoms with Crippen LogP contribution in [0.4, 0.5) is 0 Å². The van der Waals surface area contributed by atoms with Crippen LogP contribution in [0.3, 0.4) is 0 Å². The van der Waals surface area contributed by atoms with Gasteiger partial charge in [-0.1, -0.05) is 16.9 Å². The number of rotatable bonds is 1. The highest BCUT2D eigenvalue weighted by molar-refractivity contribution is 8.14. The van der Waals surface area contributed by atoms with Crippen molar-refractivity contribution in [3.05, 3.63) is 0 Å². The summed E-state index contributed by atoms with van der Waals surface area (Å²) in [5.74, 6) is 0.665. The van der Waals surface area contributed by atoms with E-state index in [-0.39, 0.29) is 0 Å². The molecule has 5 heteroatoms. The summed E-state index contributed by atoms with van der Waals surface area (Å²) in [5.41, 5.74) is 0. The molecule has 0 spiro atoms. The molecule has 1 heterocycles. The van der Waals surface area contributed by atoms with Crippen LogP contribution in [0.1, 0.15) is 0 Å². The molecule has 0 aromatic carbocycles. The molecule has 1 aliphatic rings. The number of amidine groups is 1. The van der Waals surface area contributed by atoms with Crippen molar-refractivity contribution in [1.82, 2.24) is 4.90 Å². The molecule has 58 valence electrons. The molecule has 10 heavy (non-hydrogen) atoms. The van der Waals surface area contributed by atoms with Gasteiger partial charge in [0.2, 0.25) is 5.17 Å². The van der Waals surface area contributed by atoms with Gasteiger partial charge in [-0.3, -0.25) is 0 Å². The maximum Gasteiger partial charge on any atom is 0.204 e. The molecule has 1 unspecified atom stereocenters. The predicted molar refractivity (Wildman–Crippen MR) is 40.7 cm³/mol. The van der Waals surface area contributed by atoms with E-state index in [2.05, 4.69) is 9.99 Å². The maximum atomic E-state index is 9.16. The minimum atomic E-state index is -0.418. The zero-order chi connectivity index (χ0) is 7.56. The summed E-state index contributed by atoms with van der Waals surface area (Å²) >= 11 is 1.48. The molecule has 1 rings (SSSR count). The summed E-state index contributed by atoms with van der Waals surface area (Å²) < 4.78 is 0. The van der Waals surface area contributed by atoms with E-state index in [1.807, 2.05) is 0 Å². The van der Waals surface area contributed by atoms with Gasteiger partial charge in [0.1, 0.15) is 13.3 Å². The average Bonchev–Trinajstić information content (AvgIpc) is 2.20. The second-order valence-corrected chi connectivity index (χ2v) is 2.95. The summed E-state index contributed by atoms with van der Waals surface area (Å²) in [6.07, 6.45) is -0.418. The van der Waals surface area contributed by atoms with E-state index in [1.165, 1.54) is 18.9 Å². The van der Waals surface area contributed by atoms with Crippen LogP contribution in [0.5, 0.6) is 0 Å². The van der Waals surface area contributed by atoms with Gasteiger partial charge in [0, 0.05) is 12.8 Å². The highest BCUT2D eigenvalue weighted by atomic mass is 32.2. The van der Waals surface area contributed by atoms with Crippen molar-refractivity contribution in [3.63, 3.8) is 0 Å². The molecular weight excluding hydrogens is 152 g/mol. The van der Waals surface area contributed by atoms with E-state index in [4.69, 9.17) is 5.11 Å². The molecule has 0 radical (unpaired) electrons. The largest absolute Gasteiger partial charge is 0.397 e. The third-order valence-corrected chi connectivity index (χ3v) is 2.37. The molecular formula is C5H10N2O2S. The molecule has 1 fully saturated rings. The molecule has 0 aliphatic carbocycles. The lowest BCUT2D eigenvalue weighted by atomic mass is 10.6. The number of thioether (sulfide) groups is 1. The zero-order valence-electron chi connectivity index (χ0n) is 5.94. The molecule has 4 nitrogen and oxygen atoms in total. The molecule has 0 aromatic heterocycles. The van der Waals surface area contributed by atoms with Crippen molar-refractivity contribution in [2.24, 2.45) is 5.16 Å². The summed E-state index contributed by atoms with van der Waals surface area (Å²) in [7, 11) is 3.27. The minimum Gasteiger partial charge on any atom is -0.397 e. The zero-order valence-corrected chi connectivity index (χ0v) is 6.76. The van der Waals surface area contributed by atoms with Crippen molar-refractivity contribution in [2.45, 2.75) is 6.23 Å². The van der Waals surface area contributed by atoms with E-state index in [0.717, 1.165) is 5.17 Å². The van der Waals surface area contributed by atoms with E-state index in [0.29, 0.717) is 5.75 Å². The van der Waals surface area contributed by atoms with E-state index < -0.39 is 6.23 Å². The molecule has 1 saturated heterocycles. The number of aliphatic hydroxyl groups is 1. The summed E-state index contributed by atoms with van der Waals surface area (Å²) in [6.45, 7) is 0. The van der Waals surface area contributed by atoms with Crippen LogP contribution >= 0.6 is 11.8 Å². The third-order valence-electron chi connectivity index (χ3n) is 1.28.